The van der Waals surface area contributed by atoms with E-state index < -0.39 is 0 Å². The van der Waals surface area contributed by atoms with Gasteiger partial charge in [-0.05, 0) is 44.4 Å². The number of hydrogen-bond donors (Lipinski definition) is 0. The van der Waals surface area contributed by atoms with Crippen LogP contribution in [0.5, 0.6) is 0 Å². The van der Waals surface area contributed by atoms with Crippen LogP contribution in [0.2, 0.25) is 0 Å². The lowest BCUT2D eigenvalue weighted by molar-refractivity contribution is 0.223. The maximum atomic E-state index is 2.61. The first-order valence-electron chi connectivity index (χ1n) is 5.49. The molecule has 2 rings (SSSR count). The van der Waals surface area contributed by atoms with Gasteiger partial charge in [-0.2, -0.15) is 0 Å². The fraction of sp³-hybridized carbons (Fsp3) is 0.833. The SMILES string of the molecule is CC1=CC2(CCCCC2)CCC1. The molecule has 1 fully saturated rings. The van der Waals surface area contributed by atoms with Crippen LogP contribution in [-0.2, 0) is 0 Å². The molecule has 2 aliphatic carbocycles. The number of hydrogen-bond acceptors (Lipinski definition) is 0. The van der Waals surface area contributed by atoms with Crippen molar-refractivity contribution in [2.75, 3.05) is 0 Å². The summed E-state index contributed by atoms with van der Waals surface area (Å²) >= 11 is 0. The molecule has 2 aliphatic rings. The van der Waals surface area contributed by atoms with Gasteiger partial charge in [-0.15, -0.1) is 0 Å². The van der Waals surface area contributed by atoms with Crippen LogP contribution in [0.4, 0.5) is 0 Å². The number of rotatable bonds is 0. The monoisotopic (exact) mass is 164 g/mol. The van der Waals surface area contributed by atoms with Crippen molar-refractivity contribution in [2.24, 2.45) is 5.41 Å². The van der Waals surface area contributed by atoms with E-state index in [-0.39, 0.29) is 0 Å². The molecule has 0 heteroatoms. The van der Waals surface area contributed by atoms with Crippen LogP contribution in [-0.4, -0.2) is 0 Å². The van der Waals surface area contributed by atoms with E-state index in [4.69, 9.17) is 0 Å². The smallest absolute Gasteiger partial charge is 0.0116 e. The average Bonchev–Trinajstić information content (AvgIpc) is 2.05. The molecule has 68 valence electrons. The highest BCUT2D eigenvalue weighted by atomic mass is 14.4. The quantitative estimate of drug-likeness (QED) is 0.473. The Balaban J connectivity index is 2.12. The lowest BCUT2D eigenvalue weighted by Gasteiger charge is -2.38. The minimum atomic E-state index is 0.667. The van der Waals surface area contributed by atoms with Gasteiger partial charge < -0.3 is 0 Å². The largest absolute Gasteiger partial charge is 0.0794 e. The molecule has 0 aliphatic heterocycles. The molecule has 0 nitrogen and oxygen atoms in total. The summed E-state index contributed by atoms with van der Waals surface area (Å²) in [6, 6.07) is 0. The van der Waals surface area contributed by atoms with E-state index in [0.717, 1.165) is 0 Å². The lowest BCUT2D eigenvalue weighted by atomic mass is 9.67. The van der Waals surface area contributed by atoms with Gasteiger partial charge in [-0.25, -0.2) is 0 Å². The summed E-state index contributed by atoms with van der Waals surface area (Å²) in [4.78, 5) is 0. The van der Waals surface area contributed by atoms with Gasteiger partial charge in [0.1, 0.15) is 0 Å². The van der Waals surface area contributed by atoms with Crippen LogP contribution in [0.1, 0.15) is 58.3 Å². The van der Waals surface area contributed by atoms with Crippen molar-refractivity contribution in [3.8, 4) is 0 Å². The maximum Gasteiger partial charge on any atom is -0.0116 e. The molecular weight excluding hydrogens is 144 g/mol. The first-order valence-corrected chi connectivity index (χ1v) is 5.49. The minimum absolute atomic E-state index is 0.667. The summed E-state index contributed by atoms with van der Waals surface area (Å²) in [5, 5.41) is 0. The predicted octanol–water partition coefficient (Wildman–Crippen LogP) is 4.07. The van der Waals surface area contributed by atoms with E-state index in [1.54, 1.807) is 5.57 Å². The van der Waals surface area contributed by atoms with E-state index in [2.05, 4.69) is 13.0 Å². The number of allylic oxidation sites excluding steroid dienone is 2. The second-order valence-corrected chi connectivity index (χ2v) is 4.77. The van der Waals surface area contributed by atoms with Gasteiger partial charge in [0.05, 0.1) is 0 Å². The molecule has 0 unspecified atom stereocenters. The standard InChI is InChI=1S/C12H20/c1-11-6-5-9-12(10-11)7-3-2-4-8-12/h10H,2-9H2,1H3. The van der Waals surface area contributed by atoms with Crippen molar-refractivity contribution in [2.45, 2.75) is 58.3 Å². The summed E-state index contributed by atoms with van der Waals surface area (Å²) < 4.78 is 0. The second-order valence-electron chi connectivity index (χ2n) is 4.77. The summed E-state index contributed by atoms with van der Waals surface area (Å²) in [5.74, 6) is 0. The van der Waals surface area contributed by atoms with Crippen LogP contribution >= 0.6 is 0 Å². The van der Waals surface area contributed by atoms with E-state index in [0.29, 0.717) is 5.41 Å². The zero-order chi connectivity index (χ0) is 8.44. The van der Waals surface area contributed by atoms with Crippen LogP contribution in [0.15, 0.2) is 11.6 Å². The van der Waals surface area contributed by atoms with E-state index in [9.17, 15) is 0 Å². The van der Waals surface area contributed by atoms with Crippen LogP contribution in [0.25, 0.3) is 0 Å². The van der Waals surface area contributed by atoms with Gasteiger partial charge in [0.2, 0.25) is 0 Å². The third-order valence-corrected chi connectivity index (χ3v) is 3.65. The highest BCUT2D eigenvalue weighted by Gasteiger charge is 2.31. The molecule has 0 amide bonds. The highest BCUT2D eigenvalue weighted by molar-refractivity contribution is 5.12. The molecule has 0 N–H and O–H groups in total. The molecule has 0 aromatic carbocycles. The second kappa shape index (κ2) is 3.24. The van der Waals surface area contributed by atoms with Gasteiger partial charge in [-0.1, -0.05) is 30.9 Å². The molecular formula is C12H20. The van der Waals surface area contributed by atoms with Crippen molar-refractivity contribution < 1.29 is 0 Å². The van der Waals surface area contributed by atoms with E-state index in [1.165, 1.54) is 51.4 Å². The Kier molecular flexibility index (Phi) is 2.25. The van der Waals surface area contributed by atoms with Gasteiger partial charge in [0, 0.05) is 0 Å². The zero-order valence-electron chi connectivity index (χ0n) is 8.23. The van der Waals surface area contributed by atoms with E-state index >= 15 is 0 Å². The van der Waals surface area contributed by atoms with Crippen molar-refractivity contribution in [3.63, 3.8) is 0 Å². The van der Waals surface area contributed by atoms with E-state index in [1.807, 2.05) is 0 Å². The summed E-state index contributed by atoms with van der Waals surface area (Å²) in [7, 11) is 0. The van der Waals surface area contributed by atoms with Gasteiger partial charge in [0.15, 0.2) is 0 Å². The van der Waals surface area contributed by atoms with Crippen LogP contribution in [0.3, 0.4) is 0 Å². The van der Waals surface area contributed by atoms with Gasteiger partial charge >= 0.3 is 0 Å². The van der Waals surface area contributed by atoms with Gasteiger partial charge in [-0.3, -0.25) is 0 Å². The molecule has 0 saturated heterocycles. The first-order chi connectivity index (χ1) is 5.81. The Labute approximate surface area is 76.1 Å². The maximum absolute atomic E-state index is 2.61. The fourth-order valence-corrected chi connectivity index (χ4v) is 3.04. The average molecular weight is 164 g/mol. The first kappa shape index (κ1) is 8.34. The molecule has 0 atom stereocenters. The topological polar surface area (TPSA) is 0 Å². The third kappa shape index (κ3) is 1.57. The molecule has 0 heterocycles. The summed E-state index contributed by atoms with van der Waals surface area (Å²) in [6.45, 7) is 2.31. The minimum Gasteiger partial charge on any atom is -0.0794 e. The third-order valence-electron chi connectivity index (χ3n) is 3.65. The Bertz CT molecular complexity index is 182. The molecule has 12 heavy (non-hydrogen) atoms. The van der Waals surface area contributed by atoms with Crippen LogP contribution in [0, 0.1) is 5.41 Å². The Morgan fingerprint density at radius 2 is 1.67 bits per heavy atom. The summed E-state index contributed by atoms with van der Waals surface area (Å²) in [6.07, 6.45) is 14.3. The molecule has 0 aromatic heterocycles. The summed E-state index contributed by atoms with van der Waals surface area (Å²) in [5.41, 5.74) is 2.32. The molecule has 1 spiro atoms. The van der Waals surface area contributed by atoms with Crippen molar-refractivity contribution >= 4 is 0 Å². The highest BCUT2D eigenvalue weighted by Crippen LogP contribution is 2.45. The predicted molar refractivity (Wildman–Crippen MR) is 53.1 cm³/mol. The molecule has 1 saturated carbocycles. The zero-order valence-corrected chi connectivity index (χ0v) is 8.23. The van der Waals surface area contributed by atoms with Crippen molar-refractivity contribution in [1.29, 1.82) is 0 Å². The Morgan fingerprint density at radius 1 is 1.00 bits per heavy atom. The Hall–Kier alpha value is -0.260. The van der Waals surface area contributed by atoms with Gasteiger partial charge in [0.25, 0.3) is 0 Å². The molecule has 0 radical (unpaired) electrons. The van der Waals surface area contributed by atoms with Crippen LogP contribution < -0.4 is 0 Å². The normalized spacial score (nSPS) is 28.6. The Morgan fingerprint density at radius 3 is 2.33 bits per heavy atom. The lowest BCUT2D eigenvalue weighted by Crippen LogP contribution is -2.24. The molecule has 0 bridgehead atoms. The fourth-order valence-electron chi connectivity index (χ4n) is 3.04. The van der Waals surface area contributed by atoms with Crippen molar-refractivity contribution in [3.05, 3.63) is 11.6 Å². The molecule has 0 aromatic rings. The van der Waals surface area contributed by atoms with Crippen molar-refractivity contribution in [1.82, 2.24) is 0 Å².